The zero-order valence-corrected chi connectivity index (χ0v) is 15.5. The molecule has 0 spiro atoms. The number of hydrogen-bond donors (Lipinski definition) is 2. The van der Waals surface area contributed by atoms with Crippen LogP contribution < -0.4 is 0 Å². The highest BCUT2D eigenvalue weighted by atomic mass is 16.5. The van der Waals surface area contributed by atoms with Crippen molar-refractivity contribution in [2.45, 2.75) is 44.9 Å². The Morgan fingerprint density at radius 1 is 0.852 bits per heavy atom. The van der Waals surface area contributed by atoms with Crippen molar-refractivity contribution in [3.8, 4) is 0 Å². The van der Waals surface area contributed by atoms with E-state index < -0.39 is 11.9 Å². The van der Waals surface area contributed by atoms with E-state index in [9.17, 15) is 19.8 Å². The lowest BCUT2D eigenvalue weighted by Crippen LogP contribution is -2.45. The summed E-state index contributed by atoms with van der Waals surface area (Å²) in [6.45, 7) is 0. The number of carboxylic acid groups (broad SMARTS) is 2. The highest BCUT2D eigenvalue weighted by molar-refractivity contribution is 5.70. The Kier molecular flexibility index (Phi) is 4.10. The molecule has 0 amide bonds. The zero-order valence-electron chi connectivity index (χ0n) is 15.5. The van der Waals surface area contributed by atoms with Gasteiger partial charge in [-0.3, -0.25) is 9.59 Å². The van der Waals surface area contributed by atoms with E-state index in [2.05, 4.69) is 6.08 Å². The molecule has 2 N–H and O–H groups in total. The zero-order chi connectivity index (χ0) is 18.7. The molecule has 5 rings (SSSR count). The molecule has 9 unspecified atom stereocenters. The molecule has 0 aromatic rings. The molecule has 4 aliphatic carbocycles. The van der Waals surface area contributed by atoms with Gasteiger partial charge in [0, 0.05) is 5.92 Å². The molecule has 4 fully saturated rings. The molecule has 0 aromatic carbocycles. The summed E-state index contributed by atoms with van der Waals surface area (Å²) in [6, 6.07) is 0. The van der Waals surface area contributed by atoms with Crippen LogP contribution in [0.3, 0.4) is 0 Å². The summed E-state index contributed by atoms with van der Waals surface area (Å²) in [5.74, 6) is 1.73. The summed E-state index contributed by atoms with van der Waals surface area (Å²) < 4.78 is 5.59. The van der Waals surface area contributed by atoms with Crippen LogP contribution >= 0.6 is 0 Å². The van der Waals surface area contributed by atoms with Gasteiger partial charge < -0.3 is 14.9 Å². The van der Waals surface area contributed by atoms with Crippen LogP contribution in [0.2, 0.25) is 0 Å². The summed E-state index contributed by atoms with van der Waals surface area (Å²) >= 11 is 0. The predicted molar refractivity (Wildman–Crippen MR) is 97.3 cm³/mol. The SMILES string of the molecule is O=C(O)C1CCC2C(C1)CC1C3CCC(C(=O)O)CC3C3C=COC=C3C21. The first-order valence-corrected chi connectivity index (χ1v) is 10.5. The predicted octanol–water partition coefficient (Wildman–Crippen LogP) is 3.91. The number of rotatable bonds is 2. The van der Waals surface area contributed by atoms with Gasteiger partial charge in [0.2, 0.25) is 0 Å². The van der Waals surface area contributed by atoms with Crippen molar-refractivity contribution >= 4 is 11.9 Å². The van der Waals surface area contributed by atoms with Crippen LogP contribution in [-0.4, -0.2) is 22.2 Å². The van der Waals surface area contributed by atoms with Crippen molar-refractivity contribution in [2.75, 3.05) is 0 Å². The van der Waals surface area contributed by atoms with Gasteiger partial charge in [-0.1, -0.05) is 0 Å². The van der Waals surface area contributed by atoms with E-state index >= 15 is 0 Å². The van der Waals surface area contributed by atoms with Gasteiger partial charge in [0.05, 0.1) is 24.4 Å². The molecule has 1 aliphatic heterocycles. The number of hydrogen-bond acceptors (Lipinski definition) is 3. The van der Waals surface area contributed by atoms with Gasteiger partial charge in [-0.2, -0.15) is 0 Å². The first kappa shape index (κ1) is 17.3. The van der Waals surface area contributed by atoms with Crippen molar-refractivity contribution in [2.24, 2.45) is 53.3 Å². The Hall–Kier alpha value is -1.78. The number of ether oxygens (including phenoxy) is 1. The van der Waals surface area contributed by atoms with E-state index in [0.29, 0.717) is 41.4 Å². The van der Waals surface area contributed by atoms with Crippen molar-refractivity contribution in [1.29, 1.82) is 0 Å². The summed E-state index contributed by atoms with van der Waals surface area (Å²) in [5, 5.41) is 19.0. The van der Waals surface area contributed by atoms with Crippen molar-refractivity contribution < 1.29 is 24.5 Å². The minimum absolute atomic E-state index is 0.183. The highest BCUT2D eigenvalue weighted by Crippen LogP contribution is 2.64. The maximum absolute atomic E-state index is 11.6. The Bertz CT molecular complexity index is 709. The van der Waals surface area contributed by atoms with Crippen LogP contribution in [0.15, 0.2) is 24.2 Å². The number of allylic oxidation sites excluding steroid dienone is 2. The van der Waals surface area contributed by atoms with Crippen LogP contribution in [0.5, 0.6) is 0 Å². The molecule has 5 nitrogen and oxygen atoms in total. The Morgan fingerprint density at radius 3 is 2.30 bits per heavy atom. The van der Waals surface area contributed by atoms with Gasteiger partial charge in [-0.25, -0.2) is 0 Å². The van der Waals surface area contributed by atoms with Gasteiger partial charge in [0.25, 0.3) is 0 Å². The fraction of sp³-hybridized carbons (Fsp3) is 0.727. The van der Waals surface area contributed by atoms with E-state index in [0.717, 1.165) is 44.9 Å². The minimum Gasteiger partial charge on any atom is -0.481 e. The van der Waals surface area contributed by atoms with Crippen LogP contribution in [0, 0.1) is 53.3 Å². The fourth-order valence-electron chi connectivity index (χ4n) is 7.53. The van der Waals surface area contributed by atoms with Crippen LogP contribution in [-0.2, 0) is 14.3 Å². The second kappa shape index (κ2) is 6.39. The number of carbonyl (C=O) groups is 2. The quantitative estimate of drug-likeness (QED) is 0.768. The third kappa shape index (κ3) is 2.65. The summed E-state index contributed by atoms with van der Waals surface area (Å²) in [7, 11) is 0. The second-order valence-electron chi connectivity index (χ2n) is 9.48. The second-order valence-corrected chi connectivity index (χ2v) is 9.48. The molecular weight excluding hydrogens is 344 g/mol. The average Bonchev–Trinajstić information content (AvgIpc) is 3.06. The molecule has 146 valence electrons. The monoisotopic (exact) mass is 372 g/mol. The molecule has 27 heavy (non-hydrogen) atoms. The first-order chi connectivity index (χ1) is 13.0. The Morgan fingerprint density at radius 2 is 1.56 bits per heavy atom. The smallest absolute Gasteiger partial charge is 0.306 e. The Labute approximate surface area is 159 Å². The van der Waals surface area contributed by atoms with Crippen molar-refractivity contribution in [3.05, 3.63) is 24.2 Å². The van der Waals surface area contributed by atoms with Gasteiger partial charge >= 0.3 is 11.9 Å². The van der Waals surface area contributed by atoms with Crippen molar-refractivity contribution in [1.82, 2.24) is 0 Å². The average molecular weight is 372 g/mol. The fourth-order valence-corrected chi connectivity index (χ4v) is 7.53. The molecule has 0 radical (unpaired) electrons. The molecular formula is C22H28O5. The molecule has 5 aliphatic rings. The number of aliphatic carboxylic acids is 2. The summed E-state index contributed by atoms with van der Waals surface area (Å²) in [6.07, 6.45) is 12.2. The van der Waals surface area contributed by atoms with Gasteiger partial charge in [-0.15, -0.1) is 0 Å². The van der Waals surface area contributed by atoms with E-state index in [1.54, 1.807) is 6.26 Å². The van der Waals surface area contributed by atoms with E-state index in [-0.39, 0.29) is 11.8 Å². The molecule has 0 bridgehead atoms. The number of carboxylic acids is 2. The lowest BCUT2D eigenvalue weighted by molar-refractivity contribution is -0.145. The molecule has 1 heterocycles. The maximum Gasteiger partial charge on any atom is 0.306 e. The van der Waals surface area contributed by atoms with Gasteiger partial charge in [0.15, 0.2) is 0 Å². The topological polar surface area (TPSA) is 83.8 Å². The van der Waals surface area contributed by atoms with E-state index in [1.165, 1.54) is 5.57 Å². The lowest BCUT2D eigenvalue weighted by atomic mass is 9.53. The third-order valence-corrected chi connectivity index (χ3v) is 8.54. The Balaban J connectivity index is 1.46. The molecule has 0 aromatic heterocycles. The summed E-state index contributed by atoms with van der Waals surface area (Å²) in [5.41, 5.74) is 1.37. The standard InChI is InChI=1S/C22H28O5/c23-21(24)11-1-3-14-13(7-11)9-18-15-4-2-12(22(25)26)8-17(15)16-5-6-27-10-19(16)20(14)18/h5-6,10-18,20H,1-4,7-9H2,(H,23,24)(H,25,26). The largest absolute Gasteiger partial charge is 0.481 e. The van der Waals surface area contributed by atoms with Crippen molar-refractivity contribution in [3.63, 3.8) is 0 Å². The normalized spacial score (nSPS) is 47.6. The van der Waals surface area contributed by atoms with E-state index in [4.69, 9.17) is 4.74 Å². The summed E-state index contributed by atoms with van der Waals surface area (Å²) in [4.78, 5) is 23.1. The first-order valence-electron chi connectivity index (χ1n) is 10.5. The van der Waals surface area contributed by atoms with Crippen LogP contribution in [0.1, 0.15) is 44.9 Å². The minimum atomic E-state index is -0.651. The number of fused-ring (bicyclic) bond motifs is 8. The third-order valence-electron chi connectivity index (χ3n) is 8.54. The molecule has 4 saturated carbocycles. The van der Waals surface area contributed by atoms with Gasteiger partial charge in [0.1, 0.15) is 0 Å². The lowest BCUT2D eigenvalue weighted by Gasteiger charge is -2.51. The highest BCUT2D eigenvalue weighted by Gasteiger charge is 2.57. The van der Waals surface area contributed by atoms with Crippen LogP contribution in [0.25, 0.3) is 0 Å². The molecule has 0 saturated heterocycles. The van der Waals surface area contributed by atoms with Crippen LogP contribution in [0.4, 0.5) is 0 Å². The van der Waals surface area contributed by atoms with Gasteiger partial charge in [-0.05, 0) is 92.1 Å². The van der Waals surface area contributed by atoms with E-state index in [1.807, 2.05) is 6.26 Å². The molecule has 9 atom stereocenters. The maximum atomic E-state index is 11.6. The molecule has 5 heteroatoms.